The Labute approximate surface area is 78.6 Å². The van der Waals surface area contributed by atoms with Crippen LogP contribution in [-0.4, -0.2) is 24.0 Å². The Hall–Kier alpha value is -1.27. The number of carbonyl (C=O) groups is 2. The van der Waals surface area contributed by atoms with Crippen molar-refractivity contribution >= 4 is 11.8 Å². The molecular weight excluding hydrogens is 201 g/mol. The third kappa shape index (κ3) is 4.11. The van der Waals surface area contributed by atoms with Crippen molar-refractivity contribution in [1.29, 1.82) is 0 Å². The Balaban J connectivity index is 4.31. The number of alkyl halides is 3. The largest absolute Gasteiger partial charge is 0.471 e. The van der Waals surface area contributed by atoms with Crippen LogP contribution in [0.25, 0.3) is 0 Å². The molecule has 0 fully saturated rings. The van der Waals surface area contributed by atoms with E-state index < -0.39 is 24.0 Å². The van der Waals surface area contributed by atoms with Gasteiger partial charge < -0.3 is 11.1 Å². The maximum Gasteiger partial charge on any atom is 0.471 e. The number of carbonyl (C=O) groups excluding carboxylic acids is 2. The van der Waals surface area contributed by atoms with Crippen LogP contribution < -0.4 is 11.1 Å². The van der Waals surface area contributed by atoms with Gasteiger partial charge in [-0.25, -0.2) is 0 Å². The molecule has 0 bridgehead atoms. The van der Waals surface area contributed by atoms with Gasteiger partial charge in [-0.05, 0) is 6.42 Å². The number of hydrogen-bond donors (Lipinski definition) is 2. The molecule has 4 nitrogen and oxygen atoms in total. The average Bonchev–Trinajstić information content (AvgIpc) is 2.01. The van der Waals surface area contributed by atoms with E-state index >= 15 is 0 Å². The number of amides is 2. The highest BCUT2D eigenvalue weighted by Gasteiger charge is 2.40. The van der Waals surface area contributed by atoms with Crippen molar-refractivity contribution in [3.63, 3.8) is 0 Å². The first kappa shape index (κ1) is 12.7. The van der Waals surface area contributed by atoms with Gasteiger partial charge in [0.05, 0.1) is 0 Å². The van der Waals surface area contributed by atoms with Crippen molar-refractivity contribution in [3.8, 4) is 0 Å². The van der Waals surface area contributed by atoms with Gasteiger partial charge in [-0.1, -0.05) is 13.3 Å². The first-order chi connectivity index (χ1) is 6.29. The predicted octanol–water partition coefficient (Wildman–Crippen LogP) is 0.319. The van der Waals surface area contributed by atoms with Crippen LogP contribution in [0.2, 0.25) is 0 Å². The van der Waals surface area contributed by atoms with Crippen LogP contribution in [0.1, 0.15) is 19.8 Å². The van der Waals surface area contributed by atoms with Gasteiger partial charge in [0.2, 0.25) is 5.91 Å². The quantitative estimate of drug-likeness (QED) is 0.704. The number of hydrogen-bond acceptors (Lipinski definition) is 2. The second-order valence-corrected chi connectivity index (χ2v) is 2.71. The van der Waals surface area contributed by atoms with Gasteiger partial charge in [-0.15, -0.1) is 0 Å². The molecule has 3 N–H and O–H groups in total. The summed E-state index contributed by atoms with van der Waals surface area (Å²) in [5, 5.41) is 1.52. The highest BCUT2D eigenvalue weighted by atomic mass is 19.4. The van der Waals surface area contributed by atoms with Crippen LogP contribution >= 0.6 is 0 Å². The van der Waals surface area contributed by atoms with Gasteiger partial charge in [0.1, 0.15) is 6.04 Å². The number of rotatable bonds is 4. The summed E-state index contributed by atoms with van der Waals surface area (Å²) in [6, 6.07) is -1.26. The summed E-state index contributed by atoms with van der Waals surface area (Å²) >= 11 is 0. The summed E-state index contributed by atoms with van der Waals surface area (Å²) in [4.78, 5) is 21.0. The smallest absolute Gasteiger partial charge is 0.368 e. The second kappa shape index (κ2) is 4.83. The van der Waals surface area contributed by atoms with Crippen LogP contribution in [0.15, 0.2) is 0 Å². The minimum atomic E-state index is -4.98. The molecule has 7 heteroatoms. The van der Waals surface area contributed by atoms with Gasteiger partial charge in [-0.2, -0.15) is 13.2 Å². The molecule has 0 spiro atoms. The Morgan fingerprint density at radius 1 is 1.43 bits per heavy atom. The van der Waals surface area contributed by atoms with Crippen LogP contribution in [0.5, 0.6) is 0 Å². The third-order valence-electron chi connectivity index (χ3n) is 1.48. The zero-order chi connectivity index (χ0) is 11.4. The van der Waals surface area contributed by atoms with Gasteiger partial charge in [0.15, 0.2) is 0 Å². The van der Waals surface area contributed by atoms with E-state index in [1.165, 1.54) is 5.32 Å². The average molecular weight is 212 g/mol. The lowest BCUT2D eigenvalue weighted by Gasteiger charge is -2.15. The fraction of sp³-hybridized carbons (Fsp3) is 0.714. The maximum absolute atomic E-state index is 11.7. The van der Waals surface area contributed by atoms with Crippen molar-refractivity contribution in [2.24, 2.45) is 5.73 Å². The molecule has 0 aliphatic rings. The zero-order valence-corrected chi connectivity index (χ0v) is 7.52. The molecule has 0 heterocycles. The monoisotopic (exact) mass is 212 g/mol. The van der Waals surface area contributed by atoms with Gasteiger partial charge in [-0.3, -0.25) is 9.59 Å². The van der Waals surface area contributed by atoms with Crippen molar-refractivity contribution in [3.05, 3.63) is 0 Å². The first-order valence-electron chi connectivity index (χ1n) is 3.96. The topological polar surface area (TPSA) is 72.2 Å². The molecule has 14 heavy (non-hydrogen) atoms. The van der Waals surface area contributed by atoms with E-state index in [-0.39, 0.29) is 6.42 Å². The summed E-state index contributed by atoms with van der Waals surface area (Å²) in [5.41, 5.74) is 4.79. The van der Waals surface area contributed by atoms with Crippen LogP contribution in [0, 0.1) is 0 Å². The van der Waals surface area contributed by atoms with E-state index in [0.717, 1.165) is 0 Å². The molecule has 0 aromatic rings. The van der Waals surface area contributed by atoms with Crippen LogP contribution in [0.3, 0.4) is 0 Å². The molecule has 82 valence electrons. The number of halogens is 3. The van der Waals surface area contributed by atoms with E-state index in [4.69, 9.17) is 5.73 Å². The molecule has 0 aliphatic heterocycles. The van der Waals surface area contributed by atoms with Crippen molar-refractivity contribution < 1.29 is 22.8 Å². The fourth-order valence-corrected chi connectivity index (χ4v) is 0.814. The second-order valence-electron chi connectivity index (χ2n) is 2.71. The first-order valence-corrected chi connectivity index (χ1v) is 3.96. The SMILES string of the molecule is CCCC(NC(=O)C(F)(F)F)C(N)=O. The molecule has 0 aromatic heterocycles. The summed E-state index contributed by atoms with van der Waals surface area (Å²) < 4.78 is 35.2. The number of nitrogens with two attached hydrogens (primary N) is 1. The standard InChI is InChI=1S/C7H11F3N2O2/c1-2-3-4(5(11)13)12-6(14)7(8,9)10/h4H,2-3H2,1H3,(H2,11,13)(H,12,14). The molecular formula is C7H11F3N2O2. The zero-order valence-electron chi connectivity index (χ0n) is 7.52. The Morgan fingerprint density at radius 2 is 1.93 bits per heavy atom. The minimum absolute atomic E-state index is 0.0944. The van der Waals surface area contributed by atoms with Gasteiger partial charge in [0, 0.05) is 0 Å². The molecule has 0 rings (SSSR count). The molecule has 2 amide bonds. The Bertz CT molecular complexity index is 227. The normalized spacial score (nSPS) is 13.4. The molecule has 0 saturated heterocycles. The molecule has 0 radical (unpaired) electrons. The molecule has 0 aliphatic carbocycles. The fourth-order valence-electron chi connectivity index (χ4n) is 0.814. The third-order valence-corrected chi connectivity index (χ3v) is 1.48. The molecule has 0 saturated carbocycles. The summed E-state index contributed by atoms with van der Waals surface area (Å²) in [5.74, 6) is -3.11. The van der Waals surface area contributed by atoms with E-state index in [9.17, 15) is 22.8 Å². The van der Waals surface area contributed by atoms with Gasteiger partial charge in [0.25, 0.3) is 0 Å². The number of primary amides is 1. The highest BCUT2D eigenvalue weighted by Crippen LogP contribution is 2.14. The van der Waals surface area contributed by atoms with Crippen LogP contribution in [-0.2, 0) is 9.59 Å². The lowest BCUT2D eigenvalue weighted by Crippen LogP contribution is -2.49. The molecule has 1 atom stereocenters. The minimum Gasteiger partial charge on any atom is -0.368 e. The number of nitrogens with one attached hydrogen (secondary N) is 1. The highest BCUT2D eigenvalue weighted by molar-refractivity contribution is 5.88. The summed E-state index contributed by atoms with van der Waals surface area (Å²) in [7, 11) is 0. The Morgan fingerprint density at radius 3 is 2.21 bits per heavy atom. The van der Waals surface area contributed by atoms with Gasteiger partial charge >= 0.3 is 12.1 Å². The van der Waals surface area contributed by atoms with E-state index in [1.54, 1.807) is 6.92 Å². The predicted molar refractivity (Wildman–Crippen MR) is 42.1 cm³/mol. The maximum atomic E-state index is 11.7. The van der Waals surface area contributed by atoms with Crippen molar-refractivity contribution in [1.82, 2.24) is 5.32 Å². The summed E-state index contributed by atoms with van der Waals surface area (Å²) in [6.45, 7) is 1.66. The lowest BCUT2D eigenvalue weighted by molar-refractivity contribution is -0.174. The summed E-state index contributed by atoms with van der Waals surface area (Å²) in [6.07, 6.45) is -4.44. The van der Waals surface area contributed by atoms with Crippen molar-refractivity contribution in [2.75, 3.05) is 0 Å². The Kier molecular flexibility index (Phi) is 4.39. The van der Waals surface area contributed by atoms with Crippen molar-refractivity contribution in [2.45, 2.75) is 32.0 Å². The van der Waals surface area contributed by atoms with E-state index in [2.05, 4.69) is 0 Å². The van der Waals surface area contributed by atoms with Crippen LogP contribution in [0.4, 0.5) is 13.2 Å². The molecule has 0 aromatic carbocycles. The lowest BCUT2D eigenvalue weighted by atomic mass is 10.1. The van der Waals surface area contributed by atoms with E-state index in [1.807, 2.05) is 0 Å². The molecule has 1 unspecified atom stereocenters. The van der Waals surface area contributed by atoms with E-state index in [0.29, 0.717) is 6.42 Å².